The first-order chi connectivity index (χ1) is 6.74. The lowest BCUT2D eigenvalue weighted by atomic mass is 9.97. The van der Waals surface area contributed by atoms with Gasteiger partial charge in [0.1, 0.15) is 0 Å². The molecule has 2 nitrogen and oxygen atoms in total. The Morgan fingerprint density at radius 1 is 1.29 bits per heavy atom. The van der Waals surface area contributed by atoms with Crippen molar-refractivity contribution in [3.8, 4) is 0 Å². The molecule has 2 heteroatoms. The first kappa shape index (κ1) is 12.0. The number of rotatable bonds is 5. The van der Waals surface area contributed by atoms with Crippen LogP contribution in [0.5, 0.6) is 0 Å². The molecule has 0 spiro atoms. The normalized spacial score (nSPS) is 20.6. The van der Waals surface area contributed by atoms with E-state index in [1.54, 1.807) is 0 Å². The number of nitrogens with zero attached hydrogens (tertiary/aromatic N) is 1. The van der Waals surface area contributed by atoms with Crippen LogP contribution in [0.1, 0.15) is 40.0 Å². The smallest absolute Gasteiger partial charge is 0.0495 e. The van der Waals surface area contributed by atoms with Crippen molar-refractivity contribution in [2.75, 3.05) is 26.3 Å². The Morgan fingerprint density at radius 2 is 1.93 bits per heavy atom. The van der Waals surface area contributed by atoms with E-state index in [1.807, 2.05) is 0 Å². The summed E-state index contributed by atoms with van der Waals surface area (Å²) in [4.78, 5) is 2.57. The number of likely N-dealkylation sites (tertiary alicyclic amines) is 1. The molecule has 0 unspecified atom stereocenters. The average Bonchev–Trinajstić information content (AvgIpc) is 2.19. The lowest BCUT2D eigenvalue weighted by molar-refractivity contribution is 0.0600. The summed E-state index contributed by atoms with van der Waals surface area (Å²) in [5.41, 5.74) is 0. The molecule has 0 radical (unpaired) electrons. The third kappa shape index (κ3) is 3.97. The molecule has 0 aromatic carbocycles. The van der Waals surface area contributed by atoms with Crippen molar-refractivity contribution < 1.29 is 4.74 Å². The summed E-state index contributed by atoms with van der Waals surface area (Å²) in [5, 5.41) is 0. The topological polar surface area (TPSA) is 12.5 Å². The summed E-state index contributed by atoms with van der Waals surface area (Å²) in [7, 11) is 0. The molecule has 1 heterocycles. The SMILES string of the molecule is CCCOCC1CCN(C(C)C)CC1. The summed E-state index contributed by atoms with van der Waals surface area (Å²) in [6.45, 7) is 11.2. The van der Waals surface area contributed by atoms with Gasteiger partial charge in [-0.1, -0.05) is 6.92 Å². The molecule has 0 aliphatic carbocycles. The highest BCUT2D eigenvalue weighted by atomic mass is 16.5. The monoisotopic (exact) mass is 199 g/mol. The van der Waals surface area contributed by atoms with E-state index in [4.69, 9.17) is 4.74 Å². The van der Waals surface area contributed by atoms with Gasteiger partial charge in [-0.3, -0.25) is 0 Å². The van der Waals surface area contributed by atoms with E-state index in [2.05, 4.69) is 25.7 Å². The van der Waals surface area contributed by atoms with Crippen LogP contribution in [0, 0.1) is 5.92 Å². The van der Waals surface area contributed by atoms with Gasteiger partial charge < -0.3 is 9.64 Å². The van der Waals surface area contributed by atoms with Gasteiger partial charge in [-0.15, -0.1) is 0 Å². The third-order valence-electron chi connectivity index (χ3n) is 3.08. The van der Waals surface area contributed by atoms with Crippen LogP contribution in [0.25, 0.3) is 0 Å². The molecular weight excluding hydrogens is 174 g/mol. The maximum Gasteiger partial charge on any atom is 0.0495 e. The Labute approximate surface area is 88.6 Å². The maximum atomic E-state index is 5.60. The maximum absolute atomic E-state index is 5.60. The molecule has 0 atom stereocenters. The molecule has 1 aliphatic rings. The quantitative estimate of drug-likeness (QED) is 0.631. The Balaban J connectivity index is 2.09. The summed E-state index contributed by atoms with van der Waals surface area (Å²) in [6.07, 6.45) is 3.79. The second-order valence-corrected chi connectivity index (χ2v) is 4.65. The largest absolute Gasteiger partial charge is 0.381 e. The molecule has 1 saturated heterocycles. The molecule has 0 aromatic heterocycles. The van der Waals surface area contributed by atoms with Gasteiger partial charge >= 0.3 is 0 Å². The van der Waals surface area contributed by atoms with Crippen molar-refractivity contribution >= 4 is 0 Å². The van der Waals surface area contributed by atoms with Crippen LogP contribution < -0.4 is 0 Å². The Hall–Kier alpha value is -0.0800. The van der Waals surface area contributed by atoms with Gasteiger partial charge in [-0.25, -0.2) is 0 Å². The molecular formula is C12H25NO. The van der Waals surface area contributed by atoms with E-state index in [9.17, 15) is 0 Å². The van der Waals surface area contributed by atoms with Crippen molar-refractivity contribution in [3.05, 3.63) is 0 Å². The average molecular weight is 199 g/mol. The van der Waals surface area contributed by atoms with E-state index >= 15 is 0 Å². The lowest BCUT2D eigenvalue weighted by Crippen LogP contribution is -2.39. The minimum atomic E-state index is 0.715. The molecule has 0 N–H and O–H groups in total. The predicted octanol–water partition coefficient (Wildman–Crippen LogP) is 2.53. The summed E-state index contributed by atoms with van der Waals surface area (Å²) in [6, 6.07) is 0.715. The molecule has 0 amide bonds. The fraction of sp³-hybridized carbons (Fsp3) is 1.00. The molecule has 1 aliphatic heterocycles. The van der Waals surface area contributed by atoms with Crippen molar-refractivity contribution in [2.24, 2.45) is 5.92 Å². The summed E-state index contributed by atoms with van der Waals surface area (Å²) >= 11 is 0. The Kier molecular flexibility index (Phi) is 5.49. The van der Waals surface area contributed by atoms with Crippen LogP contribution in [0.15, 0.2) is 0 Å². The van der Waals surface area contributed by atoms with Crippen LogP contribution in [0.2, 0.25) is 0 Å². The lowest BCUT2D eigenvalue weighted by Gasteiger charge is -2.34. The molecule has 0 aromatic rings. The zero-order valence-corrected chi connectivity index (χ0v) is 9.96. The molecule has 1 rings (SSSR count). The van der Waals surface area contributed by atoms with Gasteiger partial charge in [0.15, 0.2) is 0 Å². The molecule has 1 fully saturated rings. The minimum absolute atomic E-state index is 0.715. The van der Waals surface area contributed by atoms with Crippen LogP contribution in [-0.4, -0.2) is 37.2 Å². The fourth-order valence-electron chi connectivity index (χ4n) is 2.03. The molecule has 0 saturated carbocycles. The number of piperidine rings is 1. The first-order valence-electron chi connectivity index (χ1n) is 6.05. The van der Waals surface area contributed by atoms with Crippen LogP contribution in [0.3, 0.4) is 0 Å². The first-order valence-corrected chi connectivity index (χ1v) is 6.05. The highest BCUT2D eigenvalue weighted by Crippen LogP contribution is 2.18. The standard InChI is InChI=1S/C12H25NO/c1-4-9-14-10-12-5-7-13(8-6-12)11(2)3/h11-12H,4-10H2,1-3H3. The van der Waals surface area contributed by atoms with Gasteiger partial charge in [0.2, 0.25) is 0 Å². The van der Waals surface area contributed by atoms with Gasteiger partial charge in [-0.2, -0.15) is 0 Å². The third-order valence-corrected chi connectivity index (χ3v) is 3.08. The van der Waals surface area contributed by atoms with Crippen molar-refractivity contribution in [1.82, 2.24) is 4.90 Å². The second-order valence-electron chi connectivity index (χ2n) is 4.65. The number of ether oxygens (including phenoxy) is 1. The van der Waals surface area contributed by atoms with E-state index in [0.29, 0.717) is 6.04 Å². The van der Waals surface area contributed by atoms with Crippen molar-refractivity contribution in [1.29, 1.82) is 0 Å². The fourth-order valence-corrected chi connectivity index (χ4v) is 2.03. The van der Waals surface area contributed by atoms with E-state index in [-0.39, 0.29) is 0 Å². The highest BCUT2D eigenvalue weighted by molar-refractivity contribution is 4.74. The zero-order chi connectivity index (χ0) is 10.4. The highest BCUT2D eigenvalue weighted by Gasteiger charge is 2.20. The summed E-state index contributed by atoms with van der Waals surface area (Å²) in [5.74, 6) is 0.816. The molecule has 0 bridgehead atoms. The number of hydrogen-bond acceptors (Lipinski definition) is 2. The van der Waals surface area contributed by atoms with Crippen LogP contribution in [-0.2, 0) is 4.74 Å². The predicted molar refractivity (Wildman–Crippen MR) is 60.5 cm³/mol. The van der Waals surface area contributed by atoms with Gasteiger partial charge in [-0.05, 0) is 52.1 Å². The number of hydrogen-bond donors (Lipinski definition) is 0. The van der Waals surface area contributed by atoms with Gasteiger partial charge in [0, 0.05) is 19.3 Å². The van der Waals surface area contributed by atoms with E-state index < -0.39 is 0 Å². The Bertz CT molecular complexity index is 139. The minimum Gasteiger partial charge on any atom is -0.381 e. The van der Waals surface area contributed by atoms with E-state index in [1.165, 1.54) is 25.9 Å². The zero-order valence-electron chi connectivity index (χ0n) is 9.96. The van der Waals surface area contributed by atoms with E-state index in [0.717, 1.165) is 25.6 Å². The van der Waals surface area contributed by atoms with Crippen LogP contribution >= 0.6 is 0 Å². The van der Waals surface area contributed by atoms with Gasteiger partial charge in [0.25, 0.3) is 0 Å². The van der Waals surface area contributed by atoms with Crippen molar-refractivity contribution in [2.45, 2.75) is 46.1 Å². The van der Waals surface area contributed by atoms with Gasteiger partial charge in [0.05, 0.1) is 0 Å². The molecule has 14 heavy (non-hydrogen) atoms. The van der Waals surface area contributed by atoms with Crippen LogP contribution in [0.4, 0.5) is 0 Å². The van der Waals surface area contributed by atoms with Crippen molar-refractivity contribution in [3.63, 3.8) is 0 Å². The molecule has 84 valence electrons. The Morgan fingerprint density at radius 3 is 2.43 bits per heavy atom. The summed E-state index contributed by atoms with van der Waals surface area (Å²) < 4.78 is 5.60. The second kappa shape index (κ2) is 6.41.